The van der Waals surface area contributed by atoms with E-state index in [-0.39, 0.29) is 24.5 Å². The van der Waals surface area contributed by atoms with E-state index in [9.17, 15) is 9.59 Å². The standard InChI is InChI=1S/C22H26N2O5/c1-15(25)23-16-6-8-17(9-7-16)29-14-22(26)24-12-4-5-20(24)19-13-18(27-2)10-11-21(19)28-3/h6-11,13,20H,4-5,12,14H2,1-3H3,(H,23,25)/t20-/m0/s1. The van der Waals surface area contributed by atoms with E-state index >= 15 is 0 Å². The number of hydrogen-bond donors (Lipinski definition) is 1. The number of carbonyl (C=O) groups excluding carboxylic acids is 2. The van der Waals surface area contributed by atoms with Gasteiger partial charge in [-0.1, -0.05) is 0 Å². The van der Waals surface area contributed by atoms with Crippen molar-refractivity contribution in [2.75, 3.05) is 32.7 Å². The lowest BCUT2D eigenvalue weighted by atomic mass is 10.0. The van der Waals surface area contributed by atoms with E-state index in [2.05, 4.69) is 5.32 Å². The Bertz CT molecular complexity index is 866. The van der Waals surface area contributed by atoms with Gasteiger partial charge in [0.15, 0.2) is 6.61 Å². The van der Waals surface area contributed by atoms with E-state index in [0.29, 0.717) is 18.0 Å². The Balaban J connectivity index is 1.67. The molecule has 0 radical (unpaired) electrons. The number of methoxy groups -OCH3 is 2. The molecule has 0 bridgehead atoms. The number of carbonyl (C=O) groups is 2. The third-order valence-electron chi connectivity index (χ3n) is 4.91. The van der Waals surface area contributed by atoms with Crippen molar-refractivity contribution in [3.63, 3.8) is 0 Å². The van der Waals surface area contributed by atoms with Crippen molar-refractivity contribution in [2.45, 2.75) is 25.8 Å². The fourth-order valence-electron chi connectivity index (χ4n) is 3.55. The zero-order valence-corrected chi connectivity index (χ0v) is 16.9. The predicted molar refractivity (Wildman–Crippen MR) is 109 cm³/mol. The van der Waals surface area contributed by atoms with Gasteiger partial charge in [0.25, 0.3) is 5.91 Å². The van der Waals surface area contributed by atoms with E-state index in [4.69, 9.17) is 14.2 Å². The van der Waals surface area contributed by atoms with Crippen LogP contribution in [0.25, 0.3) is 0 Å². The highest BCUT2D eigenvalue weighted by Crippen LogP contribution is 2.39. The van der Waals surface area contributed by atoms with Gasteiger partial charge in [0.2, 0.25) is 5.91 Å². The Morgan fingerprint density at radius 3 is 2.45 bits per heavy atom. The molecule has 1 saturated heterocycles. The molecule has 154 valence electrons. The van der Waals surface area contributed by atoms with Gasteiger partial charge in [-0.3, -0.25) is 9.59 Å². The Hall–Kier alpha value is -3.22. The zero-order valence-electron chi connectivity index (χ0n) is 16.9. The third-order valence-corrected chi connectivity index (χ3v) is 4.91. The lowest BCUT2D eigenvalue weighted by Crippen LogP contribution is -2.34. The summed E-state index contributed by atoms with van der Waals surface area (Å²) in [6.07, 6.45) is 1.78. The molecule has 2 aromatic carbocycles. The molecule has 29 heavy (non-hydrogen) atoms. The number of hydrogen-bond acceptors (Lipinski definition) is 5. The first-order chi connectivity index (χ1) is 14.0. The number of ether oxygens (including phenoxy) is 3. The van der Waals surface area contributed by atoms with Crippen LogP contribution in [0.3, 0.4) is 0 Å². The van der Waals surface area contributed by atoms with Crippen molar-refractivity contribution < 1.29 is 23.8 Å². The number of amides is 2. The molecule has 3 rings (SSSR count). The Labute approximate surface area is 170 Å². The maximum Gasteiger partial charge on any atom is 0.261 e. The molecule has 7 nitrogen and oxygen atoms in total. The Morgan fingerprint density at radius 1 is 1.07 bits per heavy atom. The second-order valence-corrected chi connectivity index (χ2v) is 6.85. The summed E-state index contributed by atoms with van der Waals surface area (Å²) in [6.45, 7) is 2.07. The molecule has 1 aliphatic heterocycles. The van der Waals surface area contributed by atoms with Crippen LogP contribution in [-0.2, 0) is 9.59 Å². The molecule has 2 aromatic rings. The summed E-state index contributed by atoms with van der Waals surface area (Å²) in [5.41, 5.74) is 1.62. The van der Waals surface area contributed by atoms with Crippen molar-refractivity contribution in [1.29, 1.82) is 0 Å². The van der Waals surface area contributed by atoms with Gasteiger partial charge in [-0.05, 0) is 55.3 Å². The number of nitrogens with one attached hydrogen (secondary N) is 1. The van der Waals surface area contributed by atoms with Crippen molar-refractivity contribution in [3.05, 3.63) is 48.0 Å². The molecule has 0 spiro atoms. The molecule has 1 atom stereocenters. The fourth-order valence-corrected chi connectivity index (χ4v) is 3.55. The summed E-state index contributed by atoms with van der Waals surface area (Å²) in [6, 6.07) is 12.5. The number of rotatable bonds is 7. The zero-order chi connectivity index (χ0) is 20.8. The average molecular weight is 398 g/mol. The summed E-state index contributed by atoms with van der Waals surface area (Å²) < 4.78 is 16.5. The first kappa shape index (κ1) is 20.5. The largest absolute Gasteiger partial charge is 0.497 e. The second-order valence-electron chi connectivity index (χ2n) is 6.85. The van der Waals surface area contributed by atoms with Crippen molar-refractivity contribution >= 4 is 17.5 Å². The highest BCUT2D eigenvalue weighted by molar-refractivity contribution is 5.88. The van der Waals surface area contributed by atoms with Crippen LogP contribution >= 0.6 is 0 Å². The summed E-state index contributed by atoms with van der Waals surface area (Å²) in [7, 11) is 3.24. The number of benzene rings is 2. The smallest absolute Gasteiger partial charge is 0.261 e. The van der Waals surface area contributed by atoms with E-state index in [0.717, 1.165) is 29.9 Å². The molecule has 1 N–H and O–H groups in total. The maximum absolute atomic E-state index is 12.8. The van der Waals surface area contributed by atoms with Gasteiger partial charge in [0, 0.05) is 24.7 Å². The van der Waals surface area contributed by atoms with Crippen LogP contribution in [-0.4, -0.2) is 44.1 Å². The number of anilines is 1. The van der Waals surface area contributed by atoms with E-state index < -0.39 is 0 Å². The van der Waals surface area contributed by atoms with Crippen LogP contribution in [0.1, 0.15) is 31.4 Å². The van der Waals surface area contributed by atoms with Crippen molar-refractivity contribution in [1.82, 2.24) is 4.90 Å². The topological polar surface area (TPSA) is 77.1 Å². The molecule has 2 amide bonds. The van der Waals surface area contributed by atoms with Gasteiger partial charge >= 0.3 is 0 Å². The van der Waals surface area contributed by atoms with Crippen LogP contribution in [0.4, 0.5) is 5.69 Å². The molecule has 0 unspecified atom stereocenters. The summed E-state index contributed by atoms with van der Waals surface area (Å²) in [4.78, 5) is 25.8. The summed E-state index contributed by atoms with van der Waals surface area (Å²) in [5, 5.41) is 2.69. The van der Waals surface area contributed by atoms with Gasteiger partial charge in [0.1, 0.15) is 17.2 Å². The molecule has 1 aliphatic rings. The highest BCUT2D eigenvalue weighted by atomic mass is 16.5. The first-order valence-electron chi connectivity index (χ1n) is 9.53. The van der Waals surface area contributed by atoms with E-state index in [1.54, 1.807) is 38.5 Å². The Kier molecular flexibility index (Phi) is 6.59. The van der Waals surface area contributed by atoms with Gasteiger partial charge < -0.3 is 24.4 Å². The second kappa shape index (κ2) is 9.32. The van der Waals surface area contributed by atoms with Crippen LogP contribution < -0.4 is 19.5 Å². The summed E-state index contributed by atoms with van der Waals surface area (Å²) in [5.74, 6) is 1.83. The third kappa shape index (κ3) is 4.99. The van der Waals surface area contributed by atoms with Crippen molar-refractivity contribution in [3.8, 4) is 17.2 Å². The van der Waals surface area contributed by atoms with Crippen molar-refractivity contribution in [2.24, 2.45) is 0 Å². The fraction of sp³-hybridized carbons (Fsp3) is 0.364. The van der Waals surface area contributed by atoms with E-state index in [1.807, 2.05) is 23.1 Å². The minimum absolute atomic E-state index is 0.0533. The van der Waals surface area contributed by atoms with Gasteiger partial charge in [0.05, 0.1) is 20.3 Å². The number of likely N-dealkylation sites (tertiary alicyclic amines) is 1. The average Bonchev–Trinajstić information content (AvgIpc) is 3.22. The lowest BCUT2D eigenvalue weighted by Gasteiger charge is -2.26. The predicted octanol–water partition coefficient (Wildman–Crippen LogP) is 3.40. The van der Waals surface area contributed by atoms with E-state index in [1.165, 1.54) is 6.92 Å². The minimum Gasteiger partial charge on any atom is -0.497 e. The summed E-state index contributed by atoms with van der Waals surface area (Å²) >= 11 is 0. The maximum atomic E-state index is 12.8. The normalized spacial score (nSPS) is 15.7. The SMILES string of the molecule is COc1ccc(OC)c([C@@H]2CCCN2C(=O)COc2ccc(NC(C)=O)cc2)c1. The van der Waals surface area contributed by atoms with Crippen LogP contribution in [0, 0.1) is 0 Å². The first-order valence-corrected chi connectivity index (χ1v) is 9.53. The van der Waals surface area contributed by atoms with Gasteiger partial charge in [-0.15, -0.1) is 0 Å². The molecule has 0 aromatic heterocycles. The quantitative estimate of drug-likeness (QED) is 0.773. The molecule has 0 aliphatic carbocycles. The number of nitrogens with zero attached hydrogens (tertiary/aromatic N) is 1. The van der Waals surface area contributed by atoms with Crippen LogP contribution in [0.5, 0.6) is 17.2 Å². The van der Waals surface area contributed by atoms with Gasteiger partial charge in [-0.2, -0.15) is 0 Å². The molecule has 1 fully saturated rings. The monoisotopic (exact) mass is 398 g/mol. The Morgan fingerprint density at radius 2 is 1.79 bits per heavy atom. The molecule has 0 saturated carbocycles. The molecule has 1 heterocycles. The van der Waals surface area contributed by atoms with Gasteiger partial charge in [-0.25, -0.2) is 0 Å². The van der Waals surface area contributed by atoms with Crippen LogP contribution in [0.2, 0.25) is 0 Å². The molecule has 7 heteroatoms. The molecular weight excluding hydrogens is 372 g/mol. The molecular formula is C22H26N2O5. The lowest BCUT2D eigenvalue weighted by molar-refractivity contribution is -0.134. The highest BCUT2D eigenvalue weighted by Gasteiger charge is 2.32. The minimum atomic E-state index is -0.137. The van der Waals surface area contributed by atoms with Crippen LogP contribution in [0.15, 0.2) is 42.5 Å².